The summed E-state index contributed by atoms with van der Waals surface area (Å²) in [5.74, 6) is 0.562. The van der Waals surface area contributed by atoms with Crippen LogP contribution < -0.4 is 5.32 Å². The largest absolute Gasteiger partial charge is 0.457 e. The fourth-order valence-electron chi connectivity index (χ4n) is 3.38. The molecule has 1 aliphatic carbocycles. The molecule has 0 atom stereocenters. The van der Waals surface area contributed by atoms with Gasteiger partial charge in [0, 0.05) is 6.54 Å². The highest BCUT2D eigenvalue weighted by molar-refractivity contribution is 5.89. The summed E-state index contributed by atoms with van der Waals surface area (Å²) in [5.41, 5.74) is 2.81. The van der Waals surface area contributed by atoms with E-state index in [0.717, 1.165) is 24.6 Å². The molecule has 0 unspecified atom stereocenters. The number of carbonyl (C=O) groups is 1. The summed E-state index contributed by atoms with van der Waals surface area (Å²) in [5, 5.41) is 3.55. The zero-order valence-electron chi connectivity index (χ0n) is 14.7. The van der Waals surface area contributed by atoms with Gasteiger partial charge in [-0.25, -0.2) is 4.79 Å². The van der Waals surface area contributed by atoms with E-state index < -0.39 is 0 Å². The molecule has 0 bridgehead atoms. The number of ether oxygens (including phenoxy) is 1. The van der Waals surface area contributed by atoms with E-state index >= 15 is 0 Å². The molecule has 0 aromatic heterocycles. The third-order valence-corrected chi connectivity index (χ3v) is 4.89. The Morgan fingerprint density at radius 3 is 2.36 bits per heavy atom. The average molecular weight is 337 g/mol. The monoisotopic (exact) mass is 337 g/mol. The van der Waals surface area contributed by atoms with E-state index in [9.17, 15) is 4.79 Å². The van der Waals surface area contributed by atoms with E-state index in [1.54, 1.807) is 0 Å². The van der Waals surface area contributed by atoms with Gasteiger partial charge in [-0.1, -0.05) is 61.7 Å². The molecule has 0 heterocycles. The van der Waals surface area contributed by atoms with E-state index in [4.69, 9.17) is 4.74 Å². The quantitative estimate of drug-likeness (QED) is 0.743. The minimum atomic E-state index is -0.273. The number of hydrogen-bond acceptors (Lipinski definition) is 3. The fraction of sp³-hybridized carbons (Fsp3) is 0.409. The van der Waals surface area contributed by atoms with Crippen LogP contribution in [0.4, 0.5) is 0 Å². The molecule has 0 aliphatic heterocycles. The molecule has 3 nitrogen and oxygen atoms in total. The van der Waals surface area contributed by atoms with Crippen molar-refractivity contribution >= 4 is 5.97 Å². The minimum absolute atomic E-state index is 0.273. The highest BCUT2D eigenvalue weighted by Gasteiger charge is 2.12. The number of carbonyl (C=O) groups excluding carboxylic acids is 1. The van der Waals surface area contributed by atoms with Crippen molar-refractivity contribution in [2.75, 3.05) is 6.54 Å². The van der Waals surface area contributed by atoms with Gasteiger partial charge in [-0.05, 0) is 48.6 Å². The predicted molar refractivity (Wildman–Crippen MR) is 100 cm³/mol. The second-order valence-corrected chi connectivity index (χ2v) is 6.89. The Balaban J connectivity index is 1.42. The summed E-state index contributed by atoms with van der Waals surface area (Å²) >= 11 is 0. The van der Waals surface area contributed by atoms with Crippen LogP contribution in [0.3, 0.4) is 0 Å². The van der Waals surface area contributed by atoms with Crippen LogP contribution in [0.15, 0.2) is 54.6 Å². The van der Waals surface area contributed by atoms with Crippen molar-refractivity contribution in [1.82, 2.24) is 5.32 Å². The highest BCUT2D eigenvalue weighted by atomic mass is 16.5. The van der Waals surface area contributed by atoms with Crippen molar-refractivity contribution < 1.29 is 9.53 Å². The maximum absolute atomic E-state index is 12.1. The fourth-order valence-corrected chi connectivity index (χ4v) is 3.38. The van der Waals surface area contributed by atoms with Crippen molar-refractivity contribution in [3.63, 3.8) is 0 Å². The molecule has 1 aliphatic rings. The van der Waals surface area contributed by atoms with Gasteiger partial charge in [0.25, 0.3) is 0 Å². The van der Waals surface area contributed by atoms with E-state index in [-0.39, 0.29) is 5.97 Å². The van der Waals surface area contributed by atoms with Gasteiger partial charge in [-0.15, -0.1) is 0 Å². The summed E-state index contributed by atoms with van der Waals surface area (Å²) in [4.78, 5) is 12.1. The smallest absolute Gasteiger partial charge is 0.338 e. The molecule has 0 spiro atoms. The summed E-state index contributed by atoms with van der Waals surface area (Å²) in [6.07, 6.45) is 6.88. The standard InChI is InChI=1S/C22H27NO2/c24-22(25-17-20-9-5-2-6-10-20)21-13-11-19(12-14-21)16-23-15-18-7-3-1-4-8-18/h2,5-6,9-14,18,23H,1,3-4,7-8,15-17H2. The second kappa shape index (κ2) is 9.38. The summed E-state index contributed by atoms with van der Waals surface area (Å²) < 4.78 is 5.36. The molecular weight excluding hydrogens is 310 g/mol. The molecule has 2 aromatic carbocycles. The van der Waals surface area contributed by atoms with Crippen LogP contribution in [-0.4, -0.2) is 12.5 Å². The van der Waals surface area contributed by atoms with Crippen LogP contribution in [0.1, 0.15) is 53.6 Å². The Morgan fingerprint density at radius 2 is 1.64 bits per heavy atom. The summed E-state index contributed by atoms with van der Waals surface area (Å²) in [6, 6.07) is 17.5. The first-order valence-corrected chi connectivity index (χ1v) is 9.32. The van der Waals surface area contributed by atoms with Crippen molar-refractivity contribution in [1.29, 1.82) is 0 Å². The lowest BCUT2D eigenvalue weighted by atomic mass is 9.89. The van der Waals surface area contributed by atoms with Crippen LogP contribution in [0.5, 0.6) is 0 Å². The van der Waals surface area contributed by atoms with Crippen molar-refractivity contribution in [3.8, 4) is 0 Å². The maximum Gasteiger partial charge on any atom is 0.338 e. The minimum Gasteiger partial charge on any atom is -0.457 e. The number of nitrogens with one attached hydrogen (secondary N) is 1. The van der Waals surface area contributed by atoms with Gasteiger partial charge in [0.15, 0.2) is 0 Å². The zero-order valence-corrected chi connectivity index (χ0v) is 14.7. The van der Waals surface area contributed by atoms with Gasteiger partial charge >= 0.3 is 5.97 Å². The molecule has 1 fully saturated rings. The van der Waals surface area contributed by atoms with Crippen molar-refractivity contribution in [2.45, 2.75) is 45.3 Å². The summed E-state index contributed by atoms with van der Waals surface area (Å²) in [6.45, 7) is 2.26. The Kier molecular flexibility index (Phi) is 6.63. The molecule has 0 amide bonds. The normalized spacial score (nSPS) is 15.0. The number of rotatable bonds is 7. The van der Waals surface area contributed by atoms with Crippen molar-refractivity contribution in [2.24, 2.45) is 5.92 Å². The molecule has 25 heavy (non-hydrogen) atoms. The lowest BCUT2D eigenvalue weighted by Gasteiger charge is -2.21. The Bertz CT molecular complexity index is 645. The Morgan fingerprint density at radius 1 is 0.920 bits per heavy atom. The van der Waals surface area contributed by atoms with Gasteiger partial charge in [-0.3, -0.25) is 0 Å². The Labute approximate surface area is 150 Å². The molecular formula is C22H27NO2. The first-order chi connectivity index (χ1) is 12.3. The van der Waals surface area contributed by atoms with E-state index in [2.05, 4.69) is 5.32 Å². The van der Waals surface area contributed by atoms with Crippen LogP contribution in [0.25, 0.3) is 0 Å². The van der Waals surface area contributed by atoms with Crippen LogP contribution in [0, 0.1) is 5.92 Å². The average Bonchev–Trinajstić information content (AvgIpc) is 2.68. The third kappa shape index (κ3) is 5.71. The SMILES string of the molecule is O=C(OCc1ccccc1)c1ccc(CNCC2CCCCC2)cc1. The third-order valence-electron chi connectivity index (χ3n) is 4.89. The number of hydrogen-bond donors (Lipinski definition) is 1. The molecule has 0 saturated heterocycles. The molecule has 1 N–H and O–H groups in total. The first-order valence-electron chi connectivity index (χ1n) is 9.32. The number of esters is 1. The van der Waals surface area contributed by atoms with E-state index in [1.165, 1.54) is 37.7 Å². The van der Waals surface area contributed by atoms with Crippen LogP contribution in [-0.2, 0) is 17.9 Å². The predicted octanol–water partition coefficient (Wildman–Crippen LogP) is 4.71. The highest BCUT2D eigenvalue weighted by Crippen LogP contribution is 2.22. The van der Waals surface area contributed by atoms with Gasteiger partial charge in [0.05, 0.1) is 5.56 Å². The van der Waals surface area contributed by atoms with E-state index in [0.29, 0.717) is 12.2 Å². The maximum atomic E-state index is 12.1. The van der Waals surface area contributed by atoms with Crippen LogP contribution in [0.2, 0.25) is 0 Å². The molecule has 3 rings (SSSR count). The van der Waals surface area contributed by atoms with Crippen molar-refractivity contribution in [3.05, 3.63) is 71.3 Å². The molecule has 0 radical (unpaired) electrons. The lowest BCUT2D eigenvalue weighted by molar-refractivity contribution is 0.0472. The molecule has 3 heteroatoms. The van der Waals surface area contributed by atoms with E-state index in [1.807, 2.05) is 54.6 Å². The second-order valence-electron chi connectivity index (χ2n) is 6.89. The Hall–Kier alpha value is -2.13. The molecule has 1 saturated carbocycles. The van der Waals surface area contributed by atoms with Gasteiger partial charge in [0.2, 0.25) is 0 Å². The molecule has 132 valence electrons. The topological polar surface area (TPSA) is 38.3 Å². The first kappa shape index (κ1) is 17.7. The molecule has 2 aromatic rings. The van der Waals surface area contributed by atoms with Gasteiger partial charge in [-0.2, -0.15) is 0 Å². The number of benzene rings is 2. The zero-order chi connectivity index (χ0) is 17.3. The van der Waals surface area contributed by atoms with Crippen LogP contribution >= 0.6 is 0 Å². The van der Waals surface area contributed by atoms with Gasteiger partial charge in [0.1, 0.15) is 6.61 Å². The lowest BCUT2D eigenvalue weighted by Crippen LogP contribution is -2.24. The summed E-state index contributed by atoms with van der Waals surface area (Å²) in [7, 11) is 0. The van der Waals surface area contributed by atoms with Gasteiger partial charge < -0.3 is 10.1 Å².